The van der Waals surface area contributed by atoms with Gasteiger partial charge in [0.25, 0.3) is 0 Å². The normalized spacial score (nSPS) is 11.9. The summed E-state index contributed by atoms with van der Waals surface area (Å²) in [5.41, 5.74) is 3.62. The van der Waals surface area contributed by atoms with Crippen LogP contribution in [0.25, 0.3) is 0 Å². The van der Waals surface area contributed by atoms with Crippen molar-refractivity contribution in [2.45, 2.75) is 6.10 Å². The third-order valence-corrected chi connectivity index (χ3v) is 2.56. The highest BCUT2D eigenvalue weighted by Crippen LogP contribution is 2.24. The Morgan fingerprint density at radius 2 is 1.63 bits per heavy atom. The quantitative estimate of drug-likeness (QED) is 0.826. The highest BCUT2D eigenvalue weighted by molar-refractivity contribution is 5.36. The second-order valence-electron chi connectivity index (χ2n) is 4.14. The van der Waals surface area contributed by atoms with E-state index in [2.05, 4.69) is 5.73 Å². The lowest BCUT2D eigenvalue weighted by Crippen LogP contribution is -2.56. The molecule has 0 amide bonds. The predicted molar refractivity (Wildman–Crippen MR) is 72.2 cm³/mol. The Bertz CT molecular complexity index is 502. The average Bonchev–Trinajstić information content (AvgIpc) is 2.46. The zero-order chi connectivity index (χ0) is 13.5. The monoisotopic (exact) mass is 260 g/mol. The van der Waals surface area contributed by atoms with Gasteiger partial charge in [-0.3, -0.25) is 0 Å². The highest BCUT2D eigenvalue weighted by Gasteiger charge is 2.05. The topological polar surface area (TPSA) is 66.3 Å². The number of hydrogen-bond acceptors (Lipinski definition) is 3. The molecule has 0 heterocycles. The lowest BCUT2D eigenvalue weighted by molar-refractivity contribution is -0.384. The Hall–Kier alpha value is -2.04. The van der Waals surface area contributed by atoms with Crippen LogP contribution in [0, 0.1) is 0 Å². The molecule has 4 N–H and O–H groups in total. The van der Waals surface area contributed by atoms with Crippen molar-refractivity contribution in [3.05, 3.63) is 54.6 Å². The van der Waals surface area contributed by atoms with Crippen molar-refractivity contribution in [3.8, 4) is 17.2 Å². The molecular weight excluding hydrogens is 242 g/mol. The standard InChI is InChI=1S/C15H17NO3/c16-10-12(17)11-18-14-7-4-8-15(9-14)19-13-5-2-1-3-6-13/h1-9,12,17H,10-11,16H2/p+1/t12-/m0/s1. The Kier molecular flexibility index (Phi) is 4.78. The zero-order valence-corrected chi connectivity index (χ0v) is 10.7. The number of rotatable bonds is 6. The van der Waals surface area contributed by atoms with Crippen molar-refractivity contribution in [2.75, 3.05) is 13.2 Å². The Morgan fingerprint density at radius 1 is 0.947 bits per heavy atom. The van der Waals surface area contributed by atoms with Crippen molar-refractivity contribution >= 4 is 0 Å². The molecular formula is C15H18NO3+. The van der Waals surface area contributed by atoms with Crippen LogP contribution in [0.2, 0.25) is 0 Å². The maximum absolute atomic E-state index is 9.40. The molecule has 0 unspecified atom stereocenters. The minimum absolute atomic E-state index is 0.234. The molecule has 0 saturated heterocycles. The van der Waals surface area contributed by atoms with Gasteiger partial charge in [0.2, 0.25) is 0 Å². The van der Waals surface area contributed by atoms with E-state index in [9.17, 15) is 5.11 Å². The number of para-hydroxylation sites is 1. The predicted octanol–water partition coefficient (Wildman–Crippen LogP) is 1.46. The second kappa shape index (κ2) is 6.78. The molecule has 2 aromatic carbocycles. The molecule has 0 aliphatic heterocycles. The smallest absolute Gasteiger partial charge is 0.136 e. The molecule has 0 aromatic heterocycles. The van der Waals surface area contributed by atoms with E-state index in [1.165, 1.54) is 0 Å². The summed E-state index contributed by atoms with van der Waals surface area (Å²) >= 11 is 0. The number of ether oxygens (including phenoxy) is 2. The molecule has 4 nitrogen and oxygen atoms in total. The summed E-state index contributed by atoms with van der Waals surface area (Å²) in [5, 5.41) is 9.40. The average molecular weight is 260 g/mol. The van der Waals surface area contributed by atoms with E-state index in [0.29, 0.717) is 18.0 Å². The van der Waals surface area contributed by atoms with Gasteiger partial charge in [-0.2, -0.15) is 0 Å². The fraction of sp³-hybridized carbons (Fsp3) is 0.200. The van der Waals surface area contributed by atoms with E-state index in [0.717, 1.165) is 5.75 Å². The van der Waals surface area contributed by atoms with Gasteiger partial charge in [0.05, 0.1) is 0 Å². The van der Waals surface area contributed by atoms with Gasteiger partial charge < -0.3 is 20.3 Å². The molecule has 0 aliphatic carbocycles. The summed E-state index contributed by atoms with van der Waals surface area (Å²) in [6.07, 6.45) is -0.543. The number of quaternary nitrogens is 1. The minimum atomic E-state index is -0.543. The van der Waals surface area contributed by atoms with Crippen molar-refractivity contribution < 1.29 is 20.3 Å². The van der Waals surface area contributed by atoms with E-state index < -0.39 is 6.10 Å². The summed E-state index contributed by atoms with van der Waals surface area (Å²) in [6, 6.07) is 16.9. The molecule has 2 aromatic rings. The first-order chi connectivity index (χ1) is 9.28. The van der Waals surface area contributed by atoms with Crippen LogP contribution >= 0.6 is 0 Å². The lowest BCUT2D eigenvalue weighted by Gasteiger charge is -2.10. The number of aliphatic hydroxyl groups is 1. The number of hydrogen-bond donors (Lipinski definition) is 2. The van der Waals surface area contributed by atoms with Gasteiger partial charge in [-0.1, -0.05) is 24.3 Å². The summed E-state index contributed by atoms with van der Waals surface area (Å²) in [7, 11) is 0. The second-order valence-corrected chi connectivity index (χ2v) is 4.14. The number of benzene rings is 2. The van der Waals surface area contributed by atoms with E-state index in [-0.39, 0.29) is 6.61 Å². The van der Waals surface area contributed by atoms with Crippen LogP contribution in [-0.4, -0.2) is 24.4 Å². The molecule has 4 heteroatoms. The molecule has 0 radical (unpaired) electrons. The molecule has 0 fully saturated rings. The lowest BCUT2D eigenvalue weighted by atomic mass is 10.3. The maximum atomic E-state index is 9.40. The molecule has 0 saturated carbocycles. The fourth-order valence-corrected chi connectivity index (χ4v) is 1.53. The first-order valence-corrected chi connectivity index (χ1v) is 6.21. The Labute approximate surface area is 112 Å². The van der Waals surface area contributed by atoms with E-state index in [4.69, 9.17) is 9.47 Å². The van der Waals surface area contributed by atoms with Crippen LogP contribution in [-0.2, 0) is 0 Å². The van der Waals surface area contributed by atoms with Crippen LogP contribution in [0.4, 0.5) is 0 Å². The summed E-state index contributed by atoms with van der Waals surface area (Å²) in [5.74, 6) is 2.14. The minimum Gasteiger partial charge on any atom is -0.491 e. The van der Waals surface area contributed by atoms with E-state index in [1.54, 1.807) is 6.07 Å². The van der Waals surface area contributed by atoms with Gasteiger partial charge in [-0.25, -0.2) is 0 Å². The Balaban J connectivity index is 1.99. The third kappa shape index (κ3) is 4.28. The third-order valence-electron chi connectivity index (χ3n) is 2.56. The first kappa shape index (κ1) is 13.4. The summed E-state index contributed by atoms with van der Waals surface area (Å²) in [6.45, 7) is 0.665. The fourth-order valence-electron chi connectivity index (χ4n) is 1.53. The number of aliphatic hydroxyl groups excluding tert-OH is 1. The molecule has 1 atom stereocenters. The van der Waals surface area contributed by atoms with Crippen molar-refractivity contribution in [1.29, 1.82) is 0 Å². The molecule has 2 rings (SSSR count). The Morgan fingerprint density at radius 3 is 2.37 bits per heavy atom. The van der Waals surface area contributed by atoms with Gasteiger partial charge in [-0.05, 0) is 24.3 Å². The first-order valence-electron chi connectivity index (χ1n) is 6.21. The summed E-state index contributed by atoms with van der Waals surface area (Å²) in [4.78, 5) is 0. The van der Waals surface area contributed by atoms with Crippen LogP contribution in [0.5, 0.6) is 17.2 Å². The van der Waals surface area contributed by atoms with Crippen molar-refractivity contribution in [3.63, 3.8) is 0 Å². The van der Waals surface area contributed by atoms with Gasteiger partial charge >= 0.3 is 0 Å². The van der Waals surface area contributed by atoms with Gasteiger partial charge in [0, 0.05) is 6.07 Å². The van der Waals surface area contributed by atoms with Crippen LogP contribution < -0.4 is 15.2 Å². The molecule has 0 bridgehead atoms. The molecule has 100 valence electrons. The molecule has 19 heavy (non-hydrogen) atoms. The van der Waals surface area contributed by atoms with E-state index >= 15 is 0 Å². The SMILES string of the molecule is [NH3+]C[C@H](O)COc1cccc(Oc2ccccc2)c1. The van der Waals surface area contributed by atoms with Crippen LogP contribution in [0.1, 0.15) is 0 Å². The van der Waals surface area contributed by atoms with E-state index in [1.807, 2.05) is 48.5 Å². The highest BCUT2D eigenvalue weighted by atomic mass is 16.5. The molecule has 0 aliphatic rings. The van der Waals surface area contributed by atoms with Crippen LogP contribution in [0.15, 0.2) is 54.6 Å². The van der Waals surface area contributed by atoms with Gasteiger partial charge in [0.15, 0.2) is 0 Å². The maximum Gasteiger partial charge on any atom is 0.136 e. The largest absolute Gasteiger partial charge is 0.491 e. The van der Waals surface area contributed by atoms with Crippen molar-refractivity contribution in [2.24, 2.45) is 0 Å². The van der Waals surface area contributed by atoms with Gasteiger partial charge in [0.1, 0.15) is 36.5 Å². The summed E-state index contributed by atoms with van der Waals surface area (Å²) < 4.78 is 11.2. The van der Waals surface area contributed by atoms with Crippen molar-refractivity contribution in [1.82, 2.24) is 0 Å². The van der Waals surface area contributed by atoms with Crippen LogP contribution in [0.3, 0.4) is 0 Å². The molecule has 0 spiro atoms. The van der Waals surface area contributed by atoms with Gasteiger partial charge in [-0.15, -0.1) is 0 Å². The zero-order valence-electron chi connectivity index (χ0n) is 10.7.